The summed E-state index contributed by atoms with van der Waals surface area (Å²) in [7, 11) is 5.01. The number of esters is 1. The van der Waals surface area contributed by atoms with Gasteiger partial charge in [0.1, 0.15) is 12.1 Å². The highest BCUT2D eigenvalue weighted by atomic mass is 16.5. The normalized spacial score (nSPS) is 23.0. The molecular formula is C28H48N4O5. The third-order valence-corrected chi connectivity index (χ3v) is 7.70. The van der Waals surface area contributed by atoms with Gasteiger partial charge in [-0.1, -0.05) is 47.1 Å². The number of piperidine rings is 1. The van der Waals surface area contributed by atoms with Crippen LogP contribution in [0, 0.1) is 11.3 Å². The van der Waals surface area contributed by atoms with Gasteiger partial charge in [-0.15, -0.1) is 0 Å². The summed E-state index contributed by atoms with van der Waals surface area (Å²) in [5.41, 5.74) is -0.0255. The van der Waals surface area contributed by atoms with Crippen LogP contribution in [0.1, 0.15) is 73.6 Å². The van der Waals surface area contributed by atoms with E-state index in [9.17, 15) is 19.2 Å². The molecule has 0 aromatic rings. The van der Waals surface area contributed by atoms with E-state index in [2.05, 4.69) is 10.2 Å². The van der Waals surface area contributed by atoms with Crippen LogP contribution in [0.5, 0.6) is 0 Å². The molecule has 0 saturated carbocycles. The molecule has 0 unspecified atom stereocenters. The highest BCUT2D eigenvalue weighted by molar-refractivity contribution is 5.96. The summed E-state index contributed by atoms with van der Waals surface area (Å²) in [6, 6.07) is -1.89. The van der Waals surface area contributed by atoms with Crippen molar-refractivity contribution >= 4 is 23.7 Å². The predicted molar refractivity (Wildman–Crippen MR) is 144 cm³/mol. The van der Waals surface area contributed by atoms with Crippen LogP contribution in [-0.2, 0) is 23.9 Å². The van der Waals surface area contributed by atoms with Crippen molar-refractivity contribution in [3.05, 3.63) is 11.6 Å². The Kier molecular flexibility index (Phi) is 10.7. The summed E-state index contributed by atoms with van der Waals surface area (Å²) >= 11 is 0. The molecule has 1 N–H and O–H groups in total. The molecule has 9 heteroatoms. The lowest BCUT2D eigenvalue weighted by Gasteiger charge is -2.39. The van der Waals surface area contributed by atoms with Gasteiger partial charge < -0.3 is 19.9 Å². The van der Waals surface area contributed by atoms with Crippen LogP contribution in [0.15, 0.2) is 11.6 Å². The highest BCUT2D eigenvalue weighted by Gasteiger charge is 2.40. The molecule has 210 valence electrons. The number of likely N-dealkylation sites (tertiary alicyclic amines) is 2. The van der Waals surface area contributed by atoms with Gasteiger partial charge in [-0.3, -0.25) is 19.3 Å². The molecule has 2 heterocycles. The first-order valence-electron chi connectivity index (χ1n) is 13.5. The summed E-state index contributed by atoms with van der Waals surface area (Å²) < 4.78 is 4.88. The van der Waals surface area contributed by atoms with Crippen molar-refractivity contribution in [3.63, 3.8) is 0 Å². The number of amides is 3. The maximum absolute atomic E-state index is 13.8. The van der Waals surface area contributed by atoms with Crippen LogP contribution in [0.4, 0.5) is 0 Å². The van der Waals surface area contributed by atoms with E-state index < -0.39 is 23.5 Å². The highest BCUT2D eigenvalue weighted by Crippen LogP contribution is 2.26. The van der Waals surface area contributed by atoms with E-state index in [1.165, 1.54) is 7.11 Å². The van der Waals surface area contributed by atoms with Crippen LogP contribution in [0.3, 0.4) is 0 Å². The summed E-state index contributed by atoms with van der Waals surface area (Å²) in [6.07, 6.45) is 5.99. The smallest absolute Gasteiger partial charge is 0.328 e. The van der Waals surface area contributed by atoms with E-state index in [0.29, 0.717) is 18.5 Å². The van der Waals surface area contributed by atoms with Gasteiger partial charge in [-0.2, -0.15) is 0 Å². The second kappa shape index (κ2) is 12.9. The van der Waals surface area contributed by atoms with Crippen LogP contribution in [0.25, 0.3) is 0 Å². The monoisotopic (exact) mass is 520 g/mol. The molecule has 0 spiro atoms. The maximum Gasteiger partial charge on any atom is 0.328 e. The Labute approximate surface area is 222 Å². The second-order valence-corrected chi connectivity index (χ2v) is 12.0. The standard InChI is InChI=1S/C28H48N4O5/c1-18(2)22(17-19(3)25(34)32-16-12-14-21(32)27(36)37-9)31(8)26(35)23(28(4,5)6)29-24(33)20-13-10-11-15-30(20)7/h17-18,20-23H,10-16H2,1-9H3,(H,29,33)/t20-,21+,22-,23-/m1/s1. The van der Waals surface area contributed by atoms with E-state index >= 15 is 0 Å². The van der Waals surface area contributed by atoms with Crippen molar-refractivity contribution in [2.75, 3.05) is 34.3 Å². The fourth-order valence-electron chi connectivity index (χ4n) is 5.34. The van der Waals surface area contributed by atoms with E-state index in [4.69, 9.17) is 4.74 Å². The molecule has 0 aromatic carbocycles. The lowest BCUT2D eigenvalue weighted by Crippen LogP contribution is -2.59. The van der Waals surface area contributed by atoms with Gasteiger partial charge in [0.05, 0.1) is 19.2 Å². The predicted octanol–water partition coefficient (Wildman–Crippen LogP) is 2.59. The summed E-state index contributed by atoms with van der Waals surface area (Å²) in [4.78, 5) is 57.7. The molecule has 0 radical (unpaired) electrons. The Hall–Kier alpha value is -2.42. The Morgan fingerprint density at radius 2 is 1.65 bits per heavy atom. The number of likely N-dealkylation sites (N-methyl/N-ethyl adjacent to an activating group) is 2. The van der Waals surface area contributed by atoms with Gasteiger partial charge in [0.2, 0.25) is 17.7 Å². The summed E-state index contributed by atoms with van der Waals surface area (Å²) in [5.74, 6) is -0.913. The van der Waals surface area contributed by atoms with Crippen LogP contribution >= 0.6 is 0 Å². The minimum atomic E-state index is -0.715. The van der Waals surface area contributed by atoms with Crippen LogP contribution < -0.4 is 5.32 Å². The molecule has 37 heavy (non-hydrogen) atoms. The number of hydrogen-bond acceptors (Lipinski definition) is 6. The Morgan fingerprint density at radius 1 is 1.03 bits per heavy atom. The number of carbonyl (C=O) groups excluding carboxylic acids is 4. The van der Waals surface area contributed by atoms with Crippen molar-refractivity contribution in [2.24, 2.45) is 11.3 Å². The molecule has 2 aliphatic heterocycles. The van der Waals surface area contributed by atoms with Crippen molar-refractivity contribution in [1.29, 1.82) is 0 Å². The molecule has 2 aliphatic rings. The molecule has 2 fully saturated rings. The first-order chi connectivity index (χ1) is 17.2. The zero-order valence-electron chi connectivity index (χ0n) is 24.3. The van der Waals surface area contributed by atoms with Crippen molar-refractivity contribution in [2.45, 2.75) is 97.8 Å². The first kappa shape index (κ1) is 30.8. The number of hydrogen-bond donors (Lipinski definition) is 1. The fourth-order valence-corrected chi connectivity index (χ4v) is 5.34. The number of rotatable bonds is 8. The third kappa shape index (κ3) is 7.55. The SMILES string of the molecule is COC(=O)[C@@H]1CCCN1C(=O)C(C)=C[C@H](C(C)C)N(C)C(=O)[C@@H](NC(=O)[C@H]1CCCCN1C)C(C)(C)C. The molecule has 2 rings (SSSR count). The molecule has 0 aliphatic carbocycles. The van der Waals surface area contributed by atoms with Gasteiger partial charge in [0.15, 0.2) is 0 Å². The Morgan fingerprint density at radius 3 is 2.19 bits per heavy atom. The van der Waals surface area contributed by atoms with E-state index in [1.54, 1.807) is 23.8 Å². The van der Waals surface area contributed by atoms with E-state index in [1.807, 2.05) is 47.7 Å². The quantitative estimate of drug-likeness (QED) is 0.390. The number of ether oxygens (including phenoxy) is 1. The molecular weight excluding hydrogens is 472 g/mol. The van der Waals surface area contributed by atoms with Gasteiger partial charge >= 0.3 is 5.97 Å². The van der Waals surface area contributed by atoms with E-state index in [-0.39, 0.29) is 35.7 Å². The minimum Gasteiger partial charge on any atom is -0.467 e. The average Bonchev–Trinajstić information content (AvgIpc) is 3.33. The van der Waals surface area contributed by atoms with E-state index in [0.717, 1.165) is 32.2 Å². The van der Waals surface area contributed by atoms with Crippen molar-refractivity contribution in [1.82, 2.24) is 20.0 Å². The summed E-state index contributed by atoms with van der Waals surface area (Å²) in [5, 5.41) is 3.06. The maximum atomic E-state index is 13.8. The van der Waals surface area contributed by atoms with Gasteiger partial charge in [-0.05, 0) is 57.5 Å². The molecule has 9 nitrogen and oxygen atoms in total. The molecule has 4 atom stereocenters. The number of methoxy groups -OCH3 is 1. The minimum absolute atomic E-state index is 0.0208. The van der Waals surface area contributed by atoms with Gasteiger partial charge in [0.25, 0.3) is 0 Å². The zero-order chi connectivity index (χ0) is 28.1. The second-order valence-electron chi connectivity index (χ2n) is 12.0. The Bertz CT molecular complexity index is 878. The summed E-state index contributed by atoms with van der Waals surface area (Å²) in [6.45, 7) is 12.9. The lowest BCUT2D eigenvalue weighted by molar-refractivity contribution is -0.149. The van der Waals surface area contributed by atoms with Crippen molar-refractivity contribution in [3.8, 4) is 0 Å². The first-order valence-corrected chi connectivity index (χ1v) is 13.5. The van der Waals surface area contributed by atoms with Crippen LogP contribution in [-0.4, -0.2) is 96.9 Å². The van der Waals surface area contributed by atoms with Gasteiger partial charge in [0, 0.05) is 19.2 Å². The third-order valence-electron chi connectivity index (χ3n) is 7.70. The number of carbonyl (C=O) groups is 4. The lowest BCUT2D eigenvalue weighted by atomic mass is 9.84. The number of nitrogens with one attached hydrogen (secondary N) is 1. The zero-order valence-corrected chi connectivity index (χ0v) is 24.3. The number of nitrogens with zero attached hydrogens (tertiary/aromatic N) is 3. The largest absolute Gasteiger partial charge is 0.467 e. The van der Waals surface area contributed by atoms with Crippen molar-refractivity contribution < 1.29 is 23.9 Å². The molecule has 0 aromatic heterocycles. The average molecular weight is 521 g/mol. The molecule has 3 amide bonds. The fraction of sp³-hybridized carbons (Fsp3) is 0.786. The van der Waals surface area contributed by atoms with Crippen LogP contribution in [0.2, 0.25) is 0 Å². The molecule has 2 saturated heterocycles. The Balaban J connectivity index is 2.25. The van der Waals surface area contributed by atoms with Gasteiger partial charge in [-0.25, -0.2) is 4.79 Å². The molecule has 0 bridgehead atoms. The topological polar surface area (TPSA) is 99.3 Å².